The van der Waals surface area contributed by atoms with Gasteiger partial charge in [0, 0.05) is 24.5 Å². The molecule has 0 aliphatic carbocycles. The number of carbonyl (C=O) groups is 2. The molecule has 1 aliphatic heterocycles. The fourth-order valence-corrected chi connectivity index (χ4v) is 5.46. The highest BCUT2D eigenvalue weighted by molar-refractivity contribution is 7.17. The van der Waals surface area contributed by atoms with Crippen LogP contribution in [-0.4, -0.2) is 36.5 Å². The topological polar surface area (TPSA) is 67.9 Å². The van der Waals surface area contributed by atoms with Gasteiger partial charge in [-0.1, -0.05) is 42.5 Å². The molecule has 0 bridgehead atoms. The molecule has 1 N–H and O–H groups in total. The molecule has 0 atom stereocenters. The number of nitrogens with one attached hydrogen (secondary N) is 1. The Balaban J connectivity index is 0.00000342. The number of amides is 1. The second kappa shape index (κ2) is 12.7. The molecule has 0 spiro atoms. The molecule has 4 rings (SSSR count). The van der Waals surface area contributed by atoms with Gasteiger partial charge in [0.25, 0.3) is 0 Å². The second-order valence-electron chi connectivity index (χ2n) is 8.18. The molecule has 1 aromatic heterocycles. The van der Waals surface area contributed by atoms with Crippen LogP contribution in [-0.2, 0) is 35.5 Å². The number of thiophene rings is 1. The van der Waals surface area contributed by atoms with Crippen molar-refractivity contribution in [1.29, 1.82) is 0 Å². The zero-order chi connectivity index (χ0) is 23.9. The van der Waals surface area contributed by atoms with Gasteiger partial charge in [-0.15, -0.1) is 23.7 Å². The molecule has 1 amide bonds. The van der Waals surface area contributed by atoms with E-state index in [-0.39, 0.29) is 30.7 Å². The van der Waals surface area contributed by atoms with E-state index in [0.717, 1.165) is 47.8 Å². The molecule has 6 nitrogen and oxygen atoms in total. The maximum Gasteiger partial charge on any atom is 0.341 e. The molecule has 35 heavy (non-hydrogen) atoms. The number of halogens is 1. The third-order valence-corrected chi connectivity index (χ3v) is 6.85. The zero-order valence-corrected chi connectivity index (χ0v) is 21.7. The van der Waals surface area contributed by atoms with Crippen molar-refractivity contribution in [3.8, 4) is 5.75 Å². The molecule has 0 fully saturated rings. The van der Waals surface area contributed by atoms with Gasteiger partial charge < -0.3 is 14.8 Å². The smallest absolute Gasteiger partial charge is 0.341 e. The SMILES string of the molecule is CCOC(=O)c1c(NC(=O)Cc2ccc(OCC)cc2)sc2c1CCN(Cc1ccccc1)C2.Cl. The minimum atomic E-state index is -0.368. The molecule has 8 heteroatoms. The first-order chi connectivity index (χ1) is 16.6. The fourth-order valence-electron chi connectivity index (χ4n) is 4.17. The first-order valence-electron chi connectivity index (χ1n) is 11.7. The molecule has 3 aromatic rings. The average Bonchev–Trinajstić information content (AvgIpc) is 3.18. The Morgan fingerprint density at radius 3 is 2.43 bits per heavy atom. The van der Waals surface area contributed by atoms with Gasteiger partial charge in [-0.2, -0.15) is 0 Å². The molecular formula is C27H31ClN2O4S. The van der Waals surface area contributed by atoms with Crippen molar-refractivity contribution >= 4 is 40.6 Å². The quantitative estimate of drug-likeness (QED) is 0.383. The lowest BCUT2D eigenvalue weighted by Gasteiger charge is -2.27. The molecule has 0 radical (unpaired) electrons. The van der Waals surface area contributed by atoms with Crippen LogP contribution in [0.3, 0.4) is 0 Å². The van der Waals surface area contributed by atoms with E-state index in [0.29, 0.717) is 23.8 Å². The molecule has 186 valence electrons. The Labute approximate surface area is 216 Å². The van der Waals surface area contributed by atoms with Crippen molar-refractivity contribution in [3.05, 3.63) is 81.7 Å². The number of benzene rings is 2. The highest BCUT2D eigenvalue weighted by Gasteiger charge is 2.29. The van der Waals surface area contributed by atoms with Gasteiger partial charge >= 0.3 is 5.97 Å². The third kappa shape index (κ3) is 6.84. The first kappa shape index (κ1) is 26.7. The largest absolute Gasteiger partial charge is 0.494 e. The van der Waals surface area contributed by atoms with Crippen LogP contribution in [0.5, 0.6) is 5.75 Å². The van der Waals surface area contributed by atoms with E-state index in [1.54, 1.807) is 6.92 Å². The summed E-state index contributed by atoms with van der Waals surface area (Å²) in [5.41, 5.74) is 3.66. The van der Waals surface area contributed by atoms with E-state index in [1.165, 1.54) is 16.9 Å². The van der Waals surface area contributed by atoms with Crippen LogP contribution in [0.1, 0.15) is 45.8 Å². The van der Waals surface area contributed by atoms with Crippen LogP contribution in [0.15, 0.2) is 54.6 Å². The average molecular weight is 515 g/mol. The Morgan fingerprint density at radius 2 is 1.74 bits per heavy atom. The molecule has 2 heterocycles. The normalized spacial score (nSPS) is 12.9. The van der Waals surface area contributed by atoms with E-state index >= 15 is 0 Å². The summed E-state index contributed by atoms with van der Waals surface area (Å²) < 4.78 is 10.8. The van der Waals surface area contributed by atoms with Crippen LogP contribution >= 0.6 is 23.7 Å². The van der Waals surface area contributed by atoms with E-state index in [9.17, 15) is 9.59 Å². The van der Waals surface area contributed by atoms with E-state index < -0.39 is 0 Å². The molecular weight excluding hydrogens is 484 g/mol. The lowest BCUT2D eigenvalue weighted by molar-refractivity contribution is -0.115. The Morgan fingerprint density at radius 1 is 1.00 bits per heavy atom. The van der Waals surface area contributed by atoms with Gasteiger partial charge in [-0.25, -0.2) is 4.79 Å². The molecule has 2 aromatic carbocycles. The predicted molar refractivity (Wildman–Crippen MR) is 142 cm³/mol. The number of carbonyl (C=O) groups excluding carboxylic acids is 2. The van der Waals surface area contributed by atoms with Gasteiger partial charge in [0.1, 0.15) is 10.8 Å². The summed E-state index contributed by atoms with van der Waals surface area (Å²) in [5.74, 6) is 0.254. The monoisotopic (exact) mass is 514 g/mol. The number of ether oxygens (including phenoxy) is 2. The molecule has 0 saturated carbocycles. The van der Waals surface area contributed by atoms with Crippen molar-refractivity contribution < 1.29 is 19.1 Å². The molecule has 0 unspecified atom stereocenters. The summed E-state index contributed by atoms with van der Waals surface area (Å²) in [4.78, 5) is 29.1. The van der Waals surface area contributed by atoms with Crippen molar-refractivity contribution in [1.82, 2.24) is 4.90 Å². The van der Waals surface area contributed by atoms with Crippen LogP contribution in [0.4, 0.5) is 5.00 Å². The van der Waals surface area contributed by atoms with E-state index in [2.05, 4.69) is 22.3 Å². The van der Waals surface area contributed by atoms with Crippen LogP contribution in [0, 0.1) is 0 Å². The highest BCUT2D eigenvalue weighted by atomic mass is 35.5. The number of hydrogen-bond acceptors (Lipinski definition) is 6. The van der Waals surface area contributed by atoms with Crippen molar-refractivity contribution in [3.63, 3.8) is 0 Å². The summed E-state index contributed by atoms with van der Waals surface area (Å²) >= 11 is 1.48. The Kier molecular flexibility index (Phi) is 9.72. The first-order valence-corrected chi connectivity index (χ1v) is 12.5. The maximum absolute atomic E-state index is 12.8. The van der Waals surface area contributed by atoms with E-state index in [4.69, 9.17) is 9.47 Å². The van der Waals surface area contributed by atoms with Gasteiger partial charge in [-0.05, 0) is 49.1 Å². The Bertz CT molecular complexity index is 1130. The van der Waals surface area contributed by atoms with Gasteiger partial charge in [0.2, 0.25) is 5.91 Å². The number of esters is 1. The number of rotatable bonds is 9. The van der Waals surface area contributed by atoms with Gasteiger partial charge in [0.05, 0.1) is 25.2 Å². The second-order valence-corrected chi connectivity index (χ2v) is 9.28. The summed E-state index contributed by atoms with van der Waals surface area (Å²) in [7, 11) is 0. The van der Waals surface area contributed by atoms with Crippen LogP contribution in [0.25, 0.3) is 0 Å². The number of fused-ring (bicyclic) bond motifs is 1. The van der Waals surface area contributed by atoms with E-state index in [1.807, 2.05) is 49.4 Å². The third-order valence-electron chi connectivity index (χ3n) is 5.72. The van der Waals surface area contributed by atoms with Gasteiger partial charge in [0.15, 0.2) is 0 Å². The van der Waals surface area contributed by atoms with Crippen molar-refractivity contribution in [2.45, 2.75) is 39.8 Å². The van der Waals surface area contributed by atoms with Crippen molar-refractivity contribution in [2.24, 2.45) is 0 Å². The summed E-state index contributed by atoms with van der Waals surface area (Å²) in [6.07, 6.45) is 0.971. The van der Waals surface area contributed by atoms with Crippen molar-refractivity contribution in [2.75, 3.05) is 25.1 Å². The minimum Gasteiger partial charge on any atom is -0.494 e. The lowest BCUT2D eigenvalue weighted by Crippen LogP contribution is -2.30. The lowest BCUT2D eigenvalue weighted by atomic mass is 10.0. The number of anilines is 1. The number of nitrogens with zero attached hydrogens (tertiary/aromatic N) is 1. The van der Waals surface area contributed by atoms with Crippen LogP contribution < -0.4 is 10.1 Å². The highest BCUT2D eigenvalue weighted by Crippen LogP contribution is 2.38. The minimum absolute atomic E-state index is 0. The summed E-state index contributed by atoms with van der Waals surface area (Å²) in [6, 6.07) is 17.9. The van der Waals surface area contributed by atoms with Gasteiger partial charge in [-0.3, -0.25) is 9.69 Å². The predicted octanol–water partition coefficient (Wildman–Crippen LogP) is 5.48. The number of hydrogen-bond donors (Lipinski definition) is 1. The summed E-state index contributed by atoms with van der Waals surface area (Å²) in [5, 5.41) is 3.57. The summed E-state index contributed by atoms with van der Waals surface area (Å²) in [6.45, 7) is 7.07. The van der Waals surface area contributed by atoms with Crippen LogP contribution in [0.2, 0.25) is 0 Å². The standard InChI is InChI=1S/C27H30N2O4S.ClH/c1-3-32-21-12-10-19(11-13-21)16-24(30)28-26-25(27(31)33-4-2)22-14-15-29(18-23(22)34-26)17-20-8-6-5-7-9-20;/h5-13H,3-4,14-18H2,1-2H3,(H,28,30);1H. The maximum atomic E-state index is 12.8. The molecule has 0 saturated heterocycles. The Hall–Kier alpha value is -2.87. The molecule has 1 aliphatic rings. The zero-order valence-electron chi connectivity index (χ0n) is 20.0. The fraction of sp³-hybridized carbons (Fsp3) is 0.333.